The predicted molar refractivity (Wildman–Crippen MR) is 80.6 cm³/mol. The van der Waals surface area contributed by atoms with Crippen LogP contribution in [0.25, 0.3) is 0 Å². The summed E-state index contributed by atoms with van der Waals surface area (Å²) in [4.78, 5) is 12.4. The molecule has 0 aliphatic carbocycles. The standard InChI is InChI=1S/C17H17FN2O/c1-11(12-5-4-6-13(18)9-12)20-17(21)15-10-19-16-8-3-2-7-14(15)16/h2-9,11,15,19H,10H2,1H3,(H,20,21)/t11-,15?/m1/s1. The van der Waals surface area contributed by atoms with E-state index in [0.717, 1.165) is 16.8 Å². The lowest BCUT2D eigenvalue weighted by Gasteiger charge is -2.17. The summed E-state index contributed by atoms with van der Waals surface area (Å²) in [6, 6.07) is 13.9. The van der Waals surface area contributed by atoms with Gasteiger partial charge in [0.1, 0.15) is 5.82 Å². The molecule has 4 heteroatoms. The van der Waals surface area contributed by atoms with Crippen molar-refractivity contribution in [2.45, 2.75) is 18.9 Å². The molecule has 0 fully saturated rings. The Hall–Kier alpha value is -2.36. The van der Waals surface area contributed by atoms with Gasteiger partial charge in [0.05, 0.1) is 12.0 Å². The van der Waals surface area contributed by atoms with E-state index >= 15 is 0 Å². The molecule has 1 aliphatic rings. The van der Waals surface area contributed by atoms with Crippen molar-refractivity contribution in [3.05, 3.63) is 65.5 Å². The van der Waals surface area contributed by atoms with E-state index < -0.39 is 0 Å². The number of benzene rings is 2. The first-order chi connectivity index (χ1) is 10.1. The Morgan fingerprint density at radius 2 is 2.10 bits per heavy atom. The molecule has 3 nitrogen and oxygen atoms in total. The molecule has 2 aromatic rings. The highest BCUT2D eigenvalue weighted by Crippen LogP contribution is 2.31. The minimum Gasteiger partial charge on any atom is -0.384 e. The zero-order valence-electron chi connectivity index (χ0n) is 11.8. The van der Waals surface area contributed by atoms with E-state index in [-0.39, 0.29) is 23.7 Å². The van der Waals surface area contributed by atoms with Crippen LogP contribution in [0, 0.1) is 5.82 Å². The van der Waals surface area contributed by atoms with Gasteiger partial charge in [-0.3, -0.25) is 4.79 Å². The summed E-state index contributed by atoms with van der Waals surface area (Å²) in [5.74, 6) is -0.525. The Bertz CT molecular complexity index is 671. The number of nitrogens with one attached hydrogen (secondary N) is 2. The average molecular weight is 284 g/mol. The normalized spacial score (nSPS) is 17.7. The van der Waals surface area contributed by atoms with Crippen LogP contribution in [0.3, 0.4) is 0 Å². The smallest absolute Gasteiger partial charge is 0.229 e. The summed E-state index contributed by atoms with van der Waals surface area (Å²) in [5.41, 5.74) is 2.79. The number of para-hydroxylation sites is 1. The lowest BCUT2D eigenvalue weighted by molar-refractivity contribution is -0.122. The van der Waals surface area contributed by atoms with Gasteiger partial charge in [0, 0.05) is 12.2 Å². The van der Waals surface area contributed by atoms with Crippen LogP contribution in [-0.4, -0.2) is 12.5 Å². The minimum absolute atomic E-state index is 0.0378. The molecule has 2 aromatic carbocycles. The Balaban J connectivity index is 1.73. The second-order valence-electron chi connectivity index (χ2n) is 5.31. The number of fused-ring (bicyclic) bond motifs is 1. The van der Waals surface area contributed by atoms with Crippen molar-refractivity contribution in [2.24, 2.45) is 0 Å². The molecule has 21 heavy (non-hydrogen) atoms. The first-order valence-corrected chi connectivity index (χ1v) is 7.04. The summed E-state index contributed by atoms with van der Waals surface area (Å²) in [7, 11) is 0. The molecule has 0 radical (unpaired) electrons. The maximum absolute atomic E-state index is 13.2. The highest BCUT2D eigenvalue weighted by atomic mass is 19.1. The van der Waals surface area contributed by atoms with Crippen molar-refractivity contribution < 1.29 is 9.18 Å². The first-order valence-electron chi connectivity index (χ1n) is 7.04. The Kier molecular flexibility index (Phi) is 3.60. The third kappa shape index (κ3) is 2.75. The predicted octanol–water partition coefficient (Wildman–Crippen LogP) is 3.21. The maximum Gasteiger partial charge on any atom is 0.229 e. The zero-order chi connectivity index (χ0) is 14.8. The van der Waals surface area contributed by atoms with Crippen LogP contribution in [-0.2, 0) is 4.79 Å². The minimum atomic E-state index is -0.290. The van der Waals surface area contributed by atoms with Crippen molar-refractivity contribution >= 4 is 11.6 Å². The van der Waals surface area contributed by atoms with Gasteiger partial charge in [-0.15, -0.1) is 0 Å². The van der Waals surface area contributed by atoms with Crippen LogP contribution in [0.4, 0.5) is 10.1 Å². The second kappa shape index (κ2) is 5.56. The molecular formula is C17H17FN2O. The van der Waals surface area contributed by atoms with Crippen molar-refractivity contribution in [3.63, 3.8) is 0 Å². The van der Waals surface area contributed by atoms with E-state index in [4.69, 9.17) is 0 Å². The van der Waals surface area contributed by atoms with Gasteiger partial charge in [-0.25, -0.2) is 4.39 Å². The molecule has 0 saturated carbocycles. The second-order valence-corrected chi connectivity index (χ2v) is 5.31. The van der Waals surface area contributed by atoms with Crippen LogP contribution in [0.5, 0.6) is 0 Å². The summed E-state index contributed by atoms with van der Waals surface area (Å²) >= 11 is 0. The topological polar surface area (TPSA) is 41.1 Å². The van der Waals surface area contributed by atoms with Crippen LogP contribution < -0.4 is 10.6 Å². The molecule has 2 N–H and O–H groups in total. The Morgan fingerprint density at radius 1 is 1.29 bits per heavy atom. The van der Waals surface area contributed by atoms with Gasteiger partial charge in [0.2, 0.25) is 5.91 Å². The monoisotopic (exact) mass is 284 g/mol. The highest BCUT2D eigenvalue weighted by Gasteiger charge is 2.28. The van der Waals surface area contributed by atoms with Crippen LogP contribution in [0.1, 0.15) is 30.0 Å². The number of anilines is 1. The molecule has 0 spiro atoms. The van der Waals surface area contributed by atoms with Gasteiger partial charge in [-0.1, -0.05) is 30.3 Å². The van der Waals surface area contributed by atoms with E-state index in [0.29, 0.717) is 6.54 Å². The van der Waals surface area contributed by atoms with E-state index in [1.807, 2.05) is 37.3 Å². The van der Waals surface area contributed by atoms with Gasteiger partial charge >= 0.3 is 0 Å². The lowest BCUT2D eigenvalue weighted by atomic mass is 9.99. The van der Waals surface area contributed by atoms with Gasteiger partial charge < -0.3 is 10.6 Å². The largest absolute Gasteiger partial charge is 0.384 e. The summed E-state index contributed by atoms with van der Waals surface area (Å²) in [6.07, 6.45) is 0. The lowest BCUT2D eigenvalue weighted by Crippen LogP contribution is -2.32. The fourth-order valence-electron chi connectivity index (χ4n) is 2.69. The number of carbonyl (C=O) groups excluding carboxylic acids is 1. The number of halogens is 1. The number of hydrogen-bond acceptors (Lipinski definition) is 2. The number of rotatable bonds is 3. The molecular weight excluding hydrogens is 267 g/mol. The summed E-state index contributed by atoms with van der Waals surface area (Å²) < 4.78 is 13.2. The van der Waals surface area contributed by atoms with Gasteiger partial charge in [0.15, 0.2) is 0 Å². The molecule has 1 amide bonds. The third-order valence-electron chi connectivity index (χ3n) is 3.86. The van der Waals surface area contributed by atoms with Gasteiger partial charge in [0.25, 0.3) is 0 Å². The van der Waals surface area contributed by atoms with Crippen molar-refractivity contribution in [3.8, 4) is 0 Å². The SMILES string of the molecule is C[C@@H](NC(=O)C1CNc2ccccc21)c1cccc(F)c1. The van der Waals surface area contributed by atoms with Crippen LogP contribution in [0.15, 0.2) is 48.5 Å². The molecule has 0 bridgehead atoms. The third-order valence-corrected chi connectivity index (χ3v) is 3.86. The van der Waals surface area contributed by atoms with E-state index in [1.54, 1.807) is 6.07 Å². The number of amides is 1. The molecule has 1 aliphatic heterocycles. The number of hydrogen-bond donors (Lipinski definition) is 2. The average Bonchev–Trinajstić information content (AvgIpc) is 2.91. The quantitative estimate of drug-likeness (QED) is 0.908. The van der Waals surface area contributed by atoms with E-state index in [9.17, 15) is 9.18 Å². The van der Waals surface area contributed by atoms with E-state index in [2.05, 4.69) is 10.6 Å². The molecule has 1 unspecified atom stereocenters. The van der Waals surface area contributed by atoms with Crippen LogP contribution in [0.2, 0.25) is 0 Å². The fraction of sp³-hybridized carbons (Fsp3) is 0.235. The van der Waals surface area contributed by atoms with Crippen molar-refractivity contribution in [1.29, 1.82) is 0 Å². The molecule has 1 heterocycles. The zero-order valence-corrected chi connectivity index (χ0v) is 11.8. The molecule has 108 valence electrons. The molecule has 3 rings (SSSR count). The van der Waals surface area contributed by atoms with Crippen LogP contribution >= 0.6 is 0 Å². The Labute approximate surface area is 123 Å². The summed E-state index contributed by atoms with van der Waals surface area (Å²) in [6.45, 7) is 2.46. The van der Waals surface area contributed by atoms with Crippen molar-refractivity contribution in [2.75, 3.05) is 11.9 Å². The Morgan fingerprint density at radius 3 is 2.90 bits per heavy atom. The fourth-order valence-corrected chi connectivity index (χ4v) is 2.69. The number of carbonyl (C=O) groups is 1. The maximum atomic E-state index is 13.2. The molecule has 0 aromatic heterocycles. The molecule has 0 saturated heterocycles. The molecule has 2 atom stereocenters. The summed E-state index contributed by atoms with van der Waals surface area (Å²) in [5, 5.41) is 6.19. The van der Waals surface area contributed by atoms with Gasteiger partial charge in [-0.2, -0.15) is 0 Å². The van der Waals surface area contributed by atoms with Crippen molar-refractivity contribution in [1.82, 2.24) is 5.32 Å². The first kappa shape index (κ1) is 13.6. The van der Waals surface area contributed by atoms with Gasteiger partial charge in [-0.05, 0) is 36.2 Å². The van der Waals surface area contributed by atoms with E-state index in [1.165, 1.54) is 12.1 Å². The highest BCUT2D eigenvalue weighted by molar-refractivity contribution is 5.88.